The summed E-state index contributed by atoms with van der Waals surface area (Å²) in [5.74, 6) is -0.950. The van der Waals surface area contributed by atoms with E-state index in [0.29, 0.717) is 18.5 Å². The first-order valence-electron chi connectivity index (χ1n) is 6.74. The van der Waals surface area contributed by atoms with Crippen molar-refractivity contribution in [3.63, 3.8) is 0 Å². The van der Waals surface area contributed by atoms with Crippen molar-refractivity contribution in [2.24, 2.45) is 5.73 Å². The van der Waals surface area contributed by atoms with Gasteiger partial charge < -0.3 is 16.2 Å². The van der Waals surface area contributed by atoms with E-state index < -0.39 is 12.0 Å². The first kappa shape index (κ1) is 15.0. The molecule has 0 heterocycles. The van der Waals surface area contributed by atoms with Gasteiger partial charge in [-0.25, -0.2) is 0 Å². The molecule has 0 aliphatic carbocycles. The summed E-state index contributed by atoms with van der Waals surface area (Å²) in [4.78, 5) is 22.0. The van der Waals surface area contributed by atoms with E-state index in [1.54, 1.807) is 13.0 Å². The molecule has 0 bridgehead atoms. The molecule has 21 heavy (non-hydrogen) atoms. The van der Waals surface area contributed by atoms with Crippen LogP contribution in [0.15, 0.2) is 36.4 Å². The SMILES string of the molecule is CC(=O)c1ccc2cc(NCCC(N)C(=O)O)ccc2c1. The lowest BCUT2D eigenvalue weighted by Crippen LogP contribution is -2.32. The third-order valence-corrected chi connectivity index (χ3v) is 3.35. The van der Waals surface area contributed by atoms with Gasteiger partial charge in [0.1, 0.15) is 6.04 Å². The Balaban J connectivity index is 2.07. The van der Waals surface area contributed by atoms with Crippen LogP contribution in [0.1, 0.15) is 23.7 Å². The Morgan fingerprint density at radius 1 is 1.19 bits per heavy atom. The number of fused-ring (bicyclic) bond motifs is 1. The van der Waals surface area contributed by atoms with Crippen LogP contribution in [0.2, 0.25) is 0 Å². The molecule has 0 fully saturated rings. The third-order valence-electron chi connectivity index (χ3n) is 3.35. The maximum atomic E-state index is 11.3. The molecule has 2 aromatic rings. The Labute approximate surface area is 122 Å². The van der Waals surface area contributed by atoms with Gasteiger partial charge in [0.05, 0.1) is 0 Å². The minimum absolute atomic E-state index is 0.0433. The fraction of sp³-hybridized carbons (Fsp3) is 0.250. The molecule has 5 nitrogen and oxygen atoms in total. The zero-order valence-electron chi connectivity index (χ0n) is 11.8. The number of nitrogens with two attached hydrogens (primary N) is 1. The summed E-state index contributed by atoms with van der Waals surface area (Å²) in [6, 6.07) is 10.5. The topological polar surface area (TPSA) is 92.4 Å². The fourth-order valence-corrected chi connectivity index (χ4v) is 2.07. The van der Waals surface area contributed by atoms with E-state index in [2.05, 4.69) is 5.32 Å². The number of carbonyl (C=O) groups excluding carboxylic acids is 1. The summed E-state index contributed by atoms with van der Waals surface area (Å²) in [6.07, 6.45) is 0.358. The number of carboxylic acids is 1. The molecule has 2 aromatic carbocycles. The molecule has 5 heteroatoms. The van der Waals surface area contributed by atoms with Crippen molar-refractivity contribution in [1.82, 2.24) is 0 Å². The van der Waals surface area contributed by atoms with Crippen LogP contribution in [0.3, 0.4) is 0 Å². The molecule has 0 aromatic heterocycles. The molecular weight excluding hydrogens is 268 g/mol. The molecule has 2 rings (SSSR count). The summed E-state index contributed by atoms with van der Waals surface area (Å²) in [5, 5.41) is 13.9. The molecule has 4 N–H and O–H groups in total. The molecule has 0 saturated heterocycles. The van der Waals surface area contributed by atoms with Crippen molar-refractivity contribution >= 4 is 28.2 Å². The molecule has 1 unspecified atom stereocenters. The number of hydrogen-bond acceptors (Lipinski definition) is 4. The van der Waals surface area contributed by atoms with Crippen LogP contribution >= 0.6 is 0 Å². The summed E-state index contributed by atoms with van der Waals surface area (Å²) < 4.78 is 0. The number of aliphatic carboxylic acids is 1. The van der Waals surface area contributed by atoms with Gasteiger partial charge in [-0.1, -0.05) is 18.2 Å². The van der Waals surface area contributed by atoms with Crippen LogP contribution in [-0.4, -0.2) is 29.4 Å². The van der Waals surface area contributed by atoms with Crippen molar-refractivity contribution in [3.8, 4) is 0 Å². The van der Waals surface area contributed by atoms with Gasteiger partial charge in [-0.15, -0.1) is 0 Å². The van der Waals surface area contributed by atoms with Crippen molar-refractivity contribution in [2.75, 3.05) is 11.9 Å². The second-order valence-corrected chi connectivity index (χ2v) is 4.99. The summed E-state index contributed by atoms with van der Waals surface area (Å²) in [7, 11) is 0. The predicted octanol–water partition coefficient (Wildman–Crippen LogP) is 2.26. The van der Waals surface area contributed by atoms with Crippen molar-refractivity contribution < 1.29 is 14.7 Å². The molecule has 0 aliphatic rings. The number of rotatable bonds is 6. The largest absolute Gasteiger partial charge is 0.480 e. The lowest BCUT2D eigenvalue weighted by Gasteiger charge is -2.10. The first-order chi connectivity index (χ1) is 9.97. The quantitative estimate of drug-likeness (QED) is 0.708. The fourth-order valence-electron chi connectivity index (χ4n) is 2.07. The molecular formula is C16H18N2O3. The maximum Gasteiger partial charge on any atom is 0.320 e. The number of anilines is 1. The van der Waals surface area contributed by atoms with Gasteiger partial charge in [0.15, 0.2) is 5.78 Å². The van der Waals surface area contributed by atoms with Crippen LogP contribution in [0.5, 0.6) is 0 Å². The van der Waals surface area contributed by atoms with Crippen molar-refractivity contribution in [1.29, 1.82) is 0 Å². The third kappa shape index (κ3) is 3.79. The van der Waals surface area contributed by atoms with E-state index in [-0.39, 0.29) is 5.78 Å². The molecule has 110 valence electrons. The molecule has 0 amide bonds. The van der Waals surface area contributed by atoms with Crippen LogP contribution in [0.25, 0.3) is 10.8 Å². The van der Waals surface area contributed by atoms with Gasteiger partial charge in [0.25, 0.3) is 0 Å². The van der Waals surface area contributed by atoms with Gasteiger partial charge in [0, 0.05) is 17.8 Å². The zero-order valence-corrected chi connectivity index (χ0v) is 11.8. The lowest BCUT2D eigenvalue weighted by molar-refractivity contribution is -0.138. The van der Waals surface area contributed by atoms with E-state index in [1.807, 2.05) is 30.3 Å². The van der Waals surface area contributed by atoms with Crippen molar-refractivity contribution in [3.05, 3.63) is 42.0 Å². The Morgan fingerprint density at radius 2 is 1.86 bits per heavy atom. The Bertz CT molecular complexity index is 682. The molecule has 1 atom stereocenters. The summed E-state index contributed by atoms with van der Waals surface area (Å²) in [6.45, 7) is 2.04. The number of hydrogen-bond donors (Lipinski definition) is 3. The minimum atomic E-state index is -0.993. The molecule has 0 radical (unpaired) electrons. The standard InChI is InChI=1S/C16H18N2O3/c1-10(19)11-2-3-13-9-14(5-4-12(13)8-11)18-7-6-15(17)16(20)21/h2-5,8-9,15,18H,6-7,17H2,1H3,(H,20,21). The number of carbonyl (C=O) groups is 2. The van der Waals surface area contributed by atoms with Gasteiger partial charge in [-0.05, 0) is 42.3 Å². The summed E-state index contributed by atoms with van der Waals surface area (Å²) >= 11 is 0. The van der Waals surface area contributed by atoms with Crippen LogP contribution < -0.4 is 11.1 Å². The monoisotopic (exact) mass is 286 g/mol. The van der Waals surface area contributed by atoms with Gasteiger partial charge >= 0.3 is 5.97 Å². The number of nitrogens with one attached hydrogen (secondary N) is 1. The number of carboxylic acid groups (broad SMARTS) is 1. The van der Waals surface area contributed by atoms with E-state index in [1.165, 1.54) is 0 Å². The molecule has 0 aliphatic heterocycles. The number of Topliss-reactive ketones (excluding diaryl/α,β-unsaturated/α-hetero) is 1. The second-order valence-electron chi connectivity index (χ2n) is 4.99. The van der Waals surface area contributed by atoms with E-state index >= 15 is 0 Å². The van der Waals surface area contributed by atoms with Gasteiger partial charge in [-0.2, -0.15) is 0 Å². The van der Waals surface area contributed by atoms with Crippen LogP contribution in [0.4, 0.5) is 5.69 Å². The Hall–Kier alpha value is -2.40. The highest BCUT2D eigenvalue weighted by atomic mass is 16.4. The summed E-state index contributed by atoms with van der Waals surface area (Å²) in [5.41, 5.74) is 7.03. The highest BCUT2D eigenvalue weighted by Gasteiger charge is 2.10. The lowest BCUT2D eigenvalue weighted by atomic mass is 10.0. The highest BCUT2D eigenvalue weighted by molar-refractivity contribution is 5.99. The van der Waals surface area contributed by atoms with Crippen molar-refractivity contribution in [2.45, 2.75) is 19.4 Å². The molecule has 0 spiro atoms. The number of benzene rings is 2. The average Bonchev–Trinajstić information content (AvgIpc) is 2.46. The Kier molecular flexibility index (Phi) is 4.55. The Morgan fingerprint density at radius 3 is 2.52 bits per heavy atom. The number of ketones is 1. The van der Waals surface area contributed by atoms with Gasteiger partial charge in [-0.3, -0.25) is 9.59 Å². The van der Waals surface area contributed by atoms with Gasteiger partial charge in [0.2, 0.25) is 0 Å². The van der Waals surface area contributed by atoms with E-state index in [4.69, 9.17) is 10.8 Å². The van der Waals surface area contributed by atoms with Crippen LogP contribution in [-0.2, 0) is 4.79 Å². The smallest absolute Gasteiger partial charge is 0.320 e. The highest BCUT2D eigenvalue weighted by Crippen LogP contribution is 2.21. The second kappa shape index (κ2) is 6.37. The average molecular weight is 286 g/mol. The van der Waals surface area contributed by atoms with E-state index in [0.717, 1.165) is 16.5 Å². The maximum absolute atomic E-state index is 11.3. The first-order valence-corrected chi connectivity index (χ1v) is 6.74. The minimum Gasteiger partial charge on any atom is -0.480 e. The predicted molar refractivity (Wildman–Crippen MR) is 82.7 cm³/mol. The zero-order chi connectivity index (χ0) is 15.4. The normalized spacial score (nSPS) is 12.1. The molecule has 0 saturated carbocycles. The van der Waals surface area contributed by atoms with Crippen LogP contribution in [0, 0.1) is 0 Å². The van der Waals surface area contributed by atoms with E-state index in [9.17, 15) is 9.59 Å².